The van der Waals surface area contributed by atoms with Crippen LogP contribution in [0.3, 0.4) is 0 Å². The number of aliphatic hydroxyl groups is 1. The molecular formula is C26H27ClN4O7S2. The van der Waals surface area contributed by atoms with E-state index in [1.165, 1.54) is 37.0 Å². The van der Waals surface area contributed by atoms with Crippen molar-refractivity contribution in [3.05, 3.63) is 76.8 Å². The zero-order chi connectivity index (χ0) is 29.2. The molecule has 0 unspecified atom stereocenters. The number of halogens is 1. The van der Waals surface area contributed by atoms with E-state index in [-0.39, 0.29) is 21.3 Å². The Hall–Kier alpha value is -3.52. The molecule has 2 heterocycles. The predicted octanol–water partition coefficient (Wildman–Crippen LogP) is 3.36. The summed E-state index contributed by atoms with van der Waals surface area (Å²) in [4.78, 5) is 3.97. The molecule has 4 aromatic rings. The average molecular weight is 607 g/mol. The molecule has 0 saturated carbocycles. The van der Waals surface area contributed by atoms with Crippen LogP contribution in [0, 0.1) is 6.92 Å². The normalized spacial score (nSPS) is 12.8. The van der Waals surface area contributed by atoms with Gasteiger partial charge in [-0.05, 0) is 42.8 Å². The van der Waals surface area contributed by atoms with E-state index in [4.69, 9.17) is 21.1 Å². The minimum absolute atomic E-state index is 0.0194. The number of rotatable bonds is 10. The van der Waals surface area contributed by atoms with E-state index in [9.17, 15) is 21.9 Å². The van der Waals surface area contributed by atoms with Gasteiger partial charge in [0.1, 0.15) is 22.9 Å². The van der Waals surface area contributed by atoms with Gasteiger partial charge in [-0.3, -0.25) is 9.55 Å². The van der Waals surface area contributed by atoms with Crippen molar-refractivity contribution in [2.75, 3.05) is 26.2 Å². The molecule has 0 fully saturated rings. The van der Waals surface area contributed by atoms with Gasteiger partial charge in [0.25, 0.3) is 0 Å². The fourth-order valence-electron chi connectivity index (χ4n) is 4.25. The number of para-hydroxylation sites is 1. The Bertz CT molecular complexity index is 1750. The number of hydrogen-bond acceptors (Lipinski definition) is 10. The number of methoxy groups -OCH3 is 2. The van der Waals surface area contributed by atoms with Crippen LogP contribution >= 0.6 is 11.6 Å². The summed E-state index contributed by atoms with van der Waals surface area (Å²) >= 11 is 5.95. The Morgan fingerprint density at radius 2 is 1.68 bits per heavy atom. The highest BCUT2D eigenvalue weighted by Gasteiger charge is 2.29. The maximum Gasteiger partial charge on any atom is 0.175 e. The van der Waals surface area contributed by atoms with Crippen LogP contribution in [0.25, 0.3) is 17.1 Å². The highest BCUT2D eigenvalue weighted by Crippen LogP contribution is 2.37. The van der Waals surface area contributed by atoms with Crippen LogP contribution in [0.4, 0.5) is 0 Å². The first kappa shape index (κ1) is 29.5. The lowest BCUT2D eigenvalue weighted by atomic mass is 10.1. The molecule has 0 aliphatic heterocycles. The fraction of sp³-hybridized carbons (Fsp3) is 0.269. The fourth-order valence-corrected chi connectivity index (χ4v) is 6.82. The summed E-state index contributed by atoms with van der Waals surface area (Å²) in [6.07, 6.45) is 2.55. The van der Waals surface area contributed by atoms with Gasteiger partial charge in [-0.25, -0.2) is 16.8 Å². The van der Waals surface area contributed by atoms with E-state index in [0.717, 1.165) is 11.8 Å². The zero-order valence-corrected chi connectivity index (χ0v) is 24.5. The van der Waals surface area contributed by atoms with E-state index in [1.807, 2.05) is 13.0 Å². The van der Waals surface area contributed by atoms with Crippen LogP contribution in [0.15, 0.2) is 59.8 Å². The third-order valence-corrected chi connectivity index (χ3v) is 8.89. The number of ether oxygens (including phenoxy) is 2. The lowest BCUT2D eigenvalue weighted by Crippen LogP contribution is -2.20. The quantitative estimate of drug-likeness (QED) is 0.284. The van der Waals surface area contributed by atoms with Gasteiger partial charge >= 0.3 is 0 Å². The molecule has 1 atom stereocenters. The van der Waals surface area contributed by atoms with Crippen molar-refractivity contribution in [2.45, 2.75) is 23.7 Å². The third kappa shape index (κ3) is 6.28. The van der Waals surface area contributed by atoms with Gasteiger partial charge in [-0.15, -0.1) is 10.2 Å². The molecule has 4 rings (SSSR count). The van der Waals surface area contributed by atoms with Gasteiger partial charge in [0, 0.05) is 34.8 Å². The molecule has 11 nitrogen and oxygen atoms in total. The van der Waals surface area contributed by atoms with E-state index in [0.29, 0.717) is 28.6 Å². The van der Waals surface area contributed by atoms with Crippen molar-refractivity contribution in [2.24, 2.45) is 0 Å². The Balaban J connectivity index is 1.81. The van der Waals surface area contributed by atoms with Crippen LogP contribution in [-0.4, -0.2) is 67.9 Å². The summed E-state index contributed by atoms with van der Waals surface area (Å²) in [5, 5.41) is 19.4. The standard InChI is InChI=1S/C26H27ClN4O7S2/c1-16-10-17(13-28-12-16)26-30-29-24(31(26)25-21(37-2)6-5-7-22(25)38-3)15-40(35,36)14-20(32)19-9-8-18(27)11-23(19)39(4,33)34/h5-13,20,32H,14-15H2,1-4H3/t20-/m0/s1. The van der Waals surface area contributed by atoms with Gasteiger partial charge in [0.15, 0.2) is 31.3 Å². The van der Waals surface area contributed by atoms with E-state index in [2.05, 4.69) is 15.2 Å². The Morgan fingerprint density at radius 3 is 2.27 bits per heavy atom. The molecule has 2 aromatic carbocycles. The molecule has 0 aliphatic rings. The number of aliphatic hydroxyl groups excluding tert-OH is 1. The second kappa shape index (κ2) is 11.5. The molecule has 0 bridgehead atoms. The molecule has 40 heavy (non-hydrogen) atoms. The van der Waals surface area contributed by atoms with Gasteiger partial charge in [-0.2, -0.15) is 0 Å². The van der Waals surface area contributed by atoms with E-state index < -0.39 is 37.3 Å². The Morgan fingerprint density at radius 1 is 1.00 bits per heavy atom. The van der Waals surface area contributed by atoms with E-state index >= 15 is 0 Å². The van der Waals surface area contributed by atoms with Crippen molar-refractivity contribution >= 4 is 31.3 Å². The van der Waals surface area contributed by atoms with Crippen molar-refractivity contribution in [1.82, 2.24) is 19.7 Å². The first-order valence-electron chi connectivity index (χ1n) is 11.8. The molecule has 0 aliphatic carbocycles. The molecule has 0 radical (unpaired) electrons. The lowest BCUT2D eigenvalue weighted by Gasteiger charge is -2.18. The zero-order valence-electron chi connectivity index (χ0n) is 22.1. The summed E-state index contributed by atoms with van der Waals surface area (Å²) in [6.45, 7) is 1.86. The number of aryl methyl sites for hydroxylation is 1. The van der Waals surface area contributed by atoms with Crippen LogP contribution in [0.1, 0.15) is 23.1 Å². The van der Waals surface area contributed by atoms with Crippen LogP contribution < -0.4 is 9.47 Å². The summed E-state index contributed by atoms with van der Waals surface area (Å²) < 4.78 is 64.0. The summed E-state index contributed by atoms with van der Waals surface area (Å²) in [7, 11) is -4.97. The minimum Gasteiger partial charge on any atom is -0.494 e. The molecule has 212 valence electrons. The van der Waals surface area contributed by atoms with Crippen molar-refractivity contribution in [1.29, 1.82) is 0 Å². The molecule has 0 amide bonds. The third-order valence-electron chi connectivity index (χ3n) is 5.98. The van der Waals surface area contributed by atoms with E-state index in [1.54, 1.807) is 30.6 Å². The molecule has 0 spiro atoms. The van der Waals surface area contributed by atoms with Gasteiger partial charge in [0.05, 0.1) is 31.0 Å². The number of sulfone groups is 2. The second-order valence-corrected chi connectivity index (χ2v) is 13.6. The van der Waals surface area contributed by atoms with Crippen LogP contribution in [0.5, 0.6) is 11.5 Å². The average Bonchev–Trinajstić information content (AvgIpc) is 3.29. The summed E-state index contributed by atoms with van der Waals surface area (Å²) in [5.74, 6) is -0.363. The smallest absolute Gasteiger partial charge is 0.175 e. The summed E-state index contributed by atoms with van der Waals surface area (Å²) in [5.41, 5.74) is 1.72. The maximum absolute atomic E-state index is 13.4. The van der Waals surface area contributed by atoms with Gasteiger partial charge in [-0.1, -0.05) is 23.7 Å². The molecule has 1 N–H and O–H groups in total. The molecule has 0 saturated heterocycles. The second-order valence-electron chi connectivity index (χ2n) is 9.06. The monoisotopic (exact) mass is 606 g/mol. The Labute approximate surface area is 237 Å². The highest BCUT2D eigenvalue weighted by molar-refractivity contribution is 7.91. The number of nitrogens with zero attached hydrogens (tertiary/aromatic N) is 4. The topological polar surface area (TPSA) is 151 Å². The lowest BCUT2D eigenvalue weighted by molar-refractivity contribution is 0.198. The number of aromatic nitrogens is 4. The van der Waals surface area contributed by atoms with Crippen molar-refractivity contribution in [3.8, 4) is 28.6 Å². The SMILES string of the molecule is COc1cccc(OC)c1-n1c(CS(=O)(=O)C[C@H](O)c2ccc(Cl)cc2S(C)(=O)=O)nnc1-c1cncc(C)c1. The maximum atomic E-state index is 13.4. The number of hydrogen-bond donors (Lipinski definition) is 1. The van der Waals surface area contributed by atoms with Crippen molar-refractivity contribution < 1.29 is 31.4 Å². The minimum atomic E-state index is -4.10. The van der Waals surface area contributed by atoms with Gasteiger partial charge < -0.3 is 14.6 Å². The first-order valence-corrected chi connectivity index (χ1v) is 15.9. The van der Waals surface area contributed by atoms with Crippen LogP contribution in [0.2, 0.25) is 5.02 Å². The molecule has 14 heteroatoms. The predicted molar refractivity (Wildman–Crippen MR) is 149 cm³/mol. The number of pyridine rings is 1. The summed E-state index contributed by atoms with van der Waals surface area (Å²) in [6, 6.07) is 10.8. The molecule has 2 aromatic heterocycles. The van der Waals surface area contributed by atoms with Crippen molar-refractivity contribution in [3.63, 3.8) is 0 Å². The first-order chi connectivity index (χ1) is 18.8. The highest BCUT2D eigenvalue weighted by atomic mass is 35.5. The largest absolute Gasteiger partial charge is 0.494 e. The molecular weight excluding hydrogens is 580 g/mol. The van der Waals surface area contributed by atoms with Crippen LogP contribution in [-0.2, 0) is 25.4 Å². The Kier molecular flexibility index (Phi) is 8.49. The van der Waals surface area contributed by atoms with Gasteiger partial charge in [0.2, 0.25) is 0 Å². The number of benzene rings is 2.